The Morgan fingerprint density at radius 1 is 1.56 bits per heavy atom. The van der Waals surface area contributed by atoms with E-state index in [1.165, 1.54) is 6.07 Å². The lowest BCUT2D eigenvalue weighted by molar-refractivity contribution is -0.385. The van der Waals surface area contributed by atoms with E-state index in [1.807, 2.05) is 11.8 Å². The molecule has 6 heteroatoms. The number of nitro benzene ring substituents is 1. The summed E-state index contributed by atoms with van der Waals surface area (Å²) in [5.41, 5.74) is 0.196. The van der Waals surface area contributed by atoms with Gasteiger partial charge in [-0.2, -0.15) is 0 Å². The van der Waals surface area contributed by atoms with Gasteiger partial charge >= 0.3 is 0 Å². The fourth-order valence-electron chi connectivity index (χ4n) is 2.20. The highest BCUT2D eigenvalue weighted by Crippen LogP contribution is 2.29. The molecule has 0 amide bonds. The number of nitrogens with zero attached hydrogens (tertiary/aromatic N) is 2. The summed E-state index contributed by atoms with van der Waals surface area (Å²) in [5, 5.41) is 20.9. The lowest BCUT2D eigenvalue weighted by Gasteiger charge is -2.46. The summed E-state index contributed by atoms with van der Waals surface area (Å²) in [4.78, 5) is 12.6. The fraction of sp³-hybridized carbons (Fsp3) is 0.500. The van der Waals surface area contributed by atoms with Crippen LogP contribution in [0.25, 0.3) is 0 Å². The number of benzene rings is 1. The fourth-order valence-corrected chi connectivity index (χ4v) is 2.55. The first-order valence-corrected chi connectivity index (χ1v) is 6.60. The average Bonchev–Trinajstić information content (AvgIpc) is 2.28. The van der Waals surface area contributed by atoms with Crippen LogP contribution in [-0.2, 0) is 6.54 Å². The van der Waals surface area contributed by atoms with Crippen LogP contribution < -0.4 is 0 Å². The molecule has 0 saturated carbocycles. The number of likely N-dealkylation sites (tertiary alicyclic amines) is 1. The first kappa shape index (κ1) is 13.5. The molecular weight excluding hydrogens is 300 g/mol. The Labute approximate surface area is 114 Å². The second-order valence-corrected chi connectivity index (χ2v) is 5.67. The molecule has 0 bridgehead atoms. The third-order valence-electron chi connectivity index (χ3n) is 3.33. The van der Waals surface area contributed by atoms with Crippen molar-refractivity contribution in [1.29, 1.82) is 0 Å². The minimum Gasteiger partial charge on any atom is -0.387 e. The second-order valence-electron chi connectivity index (χ2n) is 4.75. The number of rotatable bonds is 4. The van der Waals surface area contributed by atoms with Crippen LogP contribution in [0.3, 0.4) is 0 Å². The minimum atomic E-state index is -0.607. The van der Waals surface area contributed by atoms with E-state index < -0.39 is 5.60 Å². The van der Waals surface area contributed by atoms with E-state index in [1.54, 1.807) is 12.1 Å². The normalized spacial score (nSPS) is 18.4. The Morgan fingerprint density at radius 3 is 2.78 bits per heavy atom. The van der Waals surface area contributed by atoms with E-state index in [0.29, 0.717) is 36.1 Å². The molecule has 1 fully saturated rings. The molecule has 1 saturated heterocycles. The van der Waals surface area contributed by atoms with Crippen LogP contribution in [0.5, 0.6) is 0 Å². The summed E-state index contributed by atoms with van der Waals surface area (Å²) < 4.78 is 0.701. The van der Waals surface area contributed by atoms with Crippen molar-refractivity contribution in [3.05, 3.63) is 38.3 Å². The molecule has 1 aromatic rings. The lowest BCUT2D eigenvalue weighted by atomic mass is 9.91. The van der Waals surface area contributed by atoms with Gasteiger partial charge in [-0.15, -0.1) is 0 Å². The summed E-state index contributed by atoms with van der Waals surface area (Å²) in [7, 11) is 0. The Balaban J connectivity index is 2.09. The van der Waals surface area contributed by atoms with Crippen molar-refractivity contribution in [1.82, 2.24) is 4.90 Å². The van der Waals surface area contributed by atoms with Gasteiger partial charge in [-0.1, -0.05) is 22.9 Å². The van der Waals surface area contributed by atoms with Gasteiger partial charge in [-0.05, 0) is 18.6 Å². The molecular formula is C12H15BrN2O3. The molecule has 5 nitrogen and oxygen atoms in total. The van der Waals surface area contributed by atoms with Gasteiger partial charge in [0.2, 0.25) is 0 Å². The van der Waals surface area contributed by atoms with Crippen LogP contribution in [0, 0.1) is 10.1 Å². The smallest absolute Gasteiger partial charge is 0.275 e. The van der Waals surface area contributed by atoms with Gasteiger partial charge in [-0.3, -0.25) is 15.0 Å². The van der Waals surface area contributed by atoms with Gasteiger partial charge in [0.05, 0.1) is 10.5 Å². The number of hydrogen-bond donors (Lipinski definition) is 1. The van der Waals surface area contributed by atoms with Gasteiger partial charge in [0, 0.05) is 35.7 Å². The monoisotopic (exact) mass is 314 g/mol. The van der Waals surface area contributed by atoms with E-state index in [2.05, 4.69) is 15.9 Å². The molecule has 1 N–H and O–H groups in total. The zero-order chi connectivity index (χ0) is 13.3. The van der Waals surface area contributed by atoms with Gasteiger partial charge in [0.1, 0.15) is 0 Å². The summed E-state index contributed by atoms with van der Waals surface area (Å²) in [5.74, 6) is 0. The van der Waals surface area contributed by atoms with Crippen LogP contribution >= 0.6 is 15.9 Å². The van der Waals surface area contributed by atoms with Crippen LogP contribution in [0.2, 0.25) is 0 Å². The third-order valence-corrected chi connectivity index (χ3v) is 3.83. The molecule has 1 aliphatic heterocycles. The standard InChI is InChI=1S/C12H15BrN2O3/c1-2-12(16)7-14(8-12)6-9-3-4-10(13)5-11(9)15(17)18/h3-5,16H,2,6-8H2,1H3. The van der Waals surface area contributed by atoms with Gasteiger partial charge in [-0.25, -0.2) is 0 Å². The molecule has 0 spiro atoms. The van der Waals surface area contributed by atoms with Crippen molar-refractivity contribution < 1.29 is 10.0 Å². The van der Waals surface area contributed by atoms with Crippen LogP contribution in [0.15, 0.2) is 22.7 Å². The SMILES string of the molecule is CCC1(O)CN(Cc2ccc(Br)cc2[N+](=O)[O-])C1. The Bertz CT molecular complexity index is 472. The molecule has 0 radical (unpaired) electrons. The third kappa shape index (κ3) is 2.71. The lowest BCUT2D eigenvalue weighted by Crippen LogP contribution is -2.60. The molecule has 1 heterocycles. The number of nitro groups is 1. The first-order valence-electron chi connectivity index (χ1n) is 5.81. The maximum absolute atomic E-state index is 11.0. The highest BCUT2D eigenvalue weighted by atomic mass is 79.9. The molecule has 0 aliphatic carbocycles. The number of aliphatic hydroxyl groups is 1. The highest BCUT2D eigenvalue weighted by molar-refractivity contribution is 9.10. The topological polar surface area (TPSA) is 66.6 Å². The summed E-state index contributed by atoms with van der Waals surface area (Å²) in [6.07, 6.45) is 0.714. The molecule has 98 valence electrons. The average molecular weight is 315 g/mol. The highest BCUT2D eigenvalue weighted by Gasteiger charge is 2.39. The van der Waals surface area contributed by atoms with E-state index in [9.17, 15) is 15.2 Å². The van der Waals surface area contributed by atoms with Crippen molar-refractivity contribution in [3.63, 3.8) is 0 Å². The van der Waals surface area contributed by atoms with Crippen molar-refractivity contribution in [2.75, 3.05) is 13.1 Å². The van der Waals surface area contributed by atoms with Gasteiger partial charge in [0.25, 0.3) is 5.69 Å². The number of halogens is 1. The predicted molar refractivity (Wildman–Crippen MR) is 71.3 cm³/mol. The largest absolute Gasteiger partial charge is 0.387 e. The molecule has 1 aromatic carbocycles. The van der Waals surface area contributed by atoms with Gasteiger partial charge < -0.3 is 5.11 Å². The quantitative estimate of drug-likeness (QED) is 0.684. The maximum atomic E-state index is 11.0. The van der Waals surface area contributed by atoms with E-state index >= 15 is 0 Å². The minimum absolute atomic E-state index is 0.122. The zero-order valence-electron chi connectivity index (χ0n) is 10.1. The molecule has 0 atom stereocenters. The van der Waals surface area contributed by atoms with E-state index in [0.717, 1.165) is 0 Å². The maximum Gasteiger partial charge on any atom is 0.275 e. The van der Waals surface area contributed by atoms with E-state index in [-0.39, 0.29) is 10.6 Å². The van der Waals surface area contributed by atoms with Crippen molar-refractivity contribution in [2.24, 2.45) is 0 Å². The molecule has 1 aliphatic rings. The number of hydrogen-bond acceptors (Lipinski definition) is 4. The summed E-state index contributed by atoms with van der Waals surface area (Å²) >= 11 is 3.23. The van der Waals surface area contributed by atoms with Gasteiger partial charge in [0.15, 0.2) is 0 Å². The second kappa shape index (κ2) is 4.95. The number of β-amino-alcohol motifs (C(OH)–C–C–N with tert-alkyl or cyclic N) is 1. The Kier molecular flexibility index (Phi) is 3.70. The first-order chi connectivity index (χ1) is 8.43. The van der Waals surface area contributed by atoms with Crippen LogP contribution in [0.4, 0.5) is 5.69 Å². The van der Waals surface area contributed by atoms with Crippen LogP contribution in [0.1, 0.15) is 18.9 Å². The predicted octanol–water partition coefficient (Wildman–Crippen LogP) is 2.31. The van der Waals surface area contributed by atoms with Crippen LogP contribution in [-0.4, -0.2) is 33.6 Å². The summed E-state index contributed by atoms with van der Waals surface area (Å²) in [6, 6.07) is 5.07. The molecule has 0 aromatic heterocycles. The summed E-state index contributed by atoms with van der Waals surface area (Å²) in [6.45, 7) is 3.61. The van der Waals surface area contributed by atoms with Crippen molar-refractivity contribution in [3.8, 4) is 0 Å². The Morgan fingerprint density at radius 2 is 2.22 bits per heavy atom. The molecule has 18 heavy (non-hydrogen) atoms. The molecule has 0 unspecified atom stereocenters. The van der Waals surface area contributed by atoms with Crippen molar-refractivity contribution >= 4 is 21.6 Å². The Hall–Kier alpha value is -0.980. The molecule has 2 rings (SSSR count). The van der Waals surface area contributed by atoms with E-state index in [4.69, 9.17) is 0 Å². The van der Waals surface area contributed by atoms with Crippen molar-refractivity contribution in [2.45, 2.75) is 25.5 Å². The zero-order valence-corrected chi connectivity index (χ0v) is 11.7.